The third-order valence-corrected chi connectivity index (χ3v) is 4.16. The van der Waals surface area contributed by atoms with Gasteiger partial charge in [-0.15, -0.1) is 0 Å². The number of nitrogens with one attached hydrogen (secondary N) is 1. The quantitative estimate of drug-likeness (QED) is 0.894. The Labute approximate surface area is 114 Å². The van der Waals surface area contributed by atoms with Crippen molar-refractivity contribution >= 4 is 0 Å². The Morgan fingerprint density at radius 2 is 2.16 bits per heavy atom. The maximum atomic E-state index is 13.7. The van der Waals surface area contributed by atoms with Crippen molar-refractivity contribution < 1.29 is 4.39 Å². The minimum absolute atomic E-state index is 0.227. The van der Waals surface area contributed by atoms with Crippen LogP contribution in [0.3, 0.4) is 0 Å². The molecule has 0 heterocycles. The highest BCUT2D eigenvalue weighted by Crippen LogP contribution is 2.27. The fourth-order valence-electron chi connectivity index (χ4n) is 2.99. The molecule has 0 saturated heterocycles. The minimum atomic E-state index is -0.227. The van der Waals surface area contributed by atoms with Crippen molar-refractivity contribution in [1.82, 2.24) is 5.32 Å². The molecule has 102 valence electrons. The number of nitrogens with zero attached hydrogens (tertiary/aromatic N) is 1. The molecule has 1 aromatic carbocycles. The van der Waals surface area contributed by atoms with E-state index >= 15 is 0 Å². The molecule has 0 radical (unpaired) electrons. The molecule has 1 saturated carbocycles. The molecule has 2 nitrogen and oxygen atoms in total. The topological polar surface area (TPSA) is 35.8 Å². The first-order valence-electron chi connectivity index (χ1n) is 7.16. The highest BCUT2D eigenvalue weighted by atomic mass is 19.1. The van der Waals surface area contributed by atoms with Crippen LogP contribution in [0.15, 0.2) is 18.2 Å². The number of nitriles is 1. The summed E-state index contributed by atoms with van der Waals surface area (Å²) >= 11 is 0. The van der Waals surface area contributed by atoms with E-state index in [0.717, 1.165) is 0 Å². The van der Waals surface area contributed by atoms with Gasteiger partial charge in [0.1, 0.15) is 5.82 Å². The molecule has 0 aromatic heterocycles. The number of halogens is 1. The molecule has 2 atom stereocenters. The van der Waals surface area contributed by atoms with Crippen molar-refractivity contribution in [2.24, 2.45) is 5.92 Å². The van der Waals surface area contributed by atoms with E-state index in [9.17, 15) is 4.39 Å². The molecule has 3 heteroatoms. The van der Waals surface area contributed by atoms with E-state index in [1.165, 1.54) is 44.2 Å². The molecule has 19 heavy (non-hydrogen) atoms. The van der Waals surface area contributed by atoms with E-state index in [-0.39, 0.29) is 5.82 Å². The molecule has 2 unspecified atom stereocenters. The predicted molar refractivity (Wildman–Crippen MR) is 74.0 cm³/mol. The van der Waals surface area contributed by atoms with Crippen molar-refractivity contribution in [2.75, 3.05) is 0 Å². The van der Waals surface area contributed by atoms with Crippen LogP contribution in [0, 0.1) is 23.1 Å². The maximum absolute atomic E-state index is 13.7. The molecule has 1 fully saturated rings. The van der Waals surface area contributed by atoms with E-state index < -0.39 is 0 Å². The lowest BCUT2D eigenvalue weighted by atomic mass is 9.83. The van der Waals surface area contributed by atoms with Crippen LogP contribution in [0.5, 0.6) is 0 Å². The van der Waals surface area contributed by atoms with Gasteiger partial charge in [0.15, 0.2) is 0 Å². The van der Waals surface area contributed by atoms with Crippen molar-refractivity contribution in [2.45, 2.75) is 51.6 Å². The average Bonchev–Trinajstić information content (AvgIpc) is 2.46. The molecule has 1 aromatic rings. The summed E-state index contributed by atoms with van der Waals surface area (Å²) in [5.74, 6) is 0.478. The summed E-state index contributed by atoms with van der Waals surface area (Å²) in [6.07, 6.45) is 6.20. The lowest BCUT2D eigenvalue weighted by molar-refractivity contribution is 0.253. The summed E-state index contributed by atoms with van der Waals surface area (Å²) in [5.41, 5.74) is 1.12. The van der Waals surface area contributed by atoms with Gasteiger partial charge < -0.3 is 5.32 Å². The lowest BCUT2D eigenvalue weighted by Gasteiger charge is -2.31. The normalized spacial score (nSPS) is 23.0. The summed E-state index contributed by atoms with van der Waals surface area (Å²) < 4.78 is 13.7. The molecule has 2 rings (SSSR count). The van der Waals surface area contributed by atoms with Crippen LogP contribution in [0.4, 0.5) is 4.39 Å². The fraction of sp³-hybridized carbons (Fsp3) is 0.562. The third-order valence-electron chi connectivity index (χ3n) is 4.16. The average molecular weight is 260 g/mol. The summed E-state index contributed by atoms with van der Waals surface area (Å²) in [6, 6.07) is 7.10. The highest BCUT2D eigenvalue weighted by molar-refractivity contribution is 5.33. The van der Waals surface area contributed by atoms with Gasteiger partial charge in [0.25, 0.3) is 0 Å². The van der Waals surface area contributed by atoms with Gasteiger partial charge in [-0.2, -0.15) is 5.26 Å². The van der Waals surface area contributed by atoms with Gasteiger partial charge in [0.2, 0.25) is 0 Å². The van der Waals surface area contributed by atoms with Gasteiger partial charge in [0, 0.05) is 18.2 Å². The van der Waals surface area contributed by atoms with Crippen molar-refractivity contribution in [3.8, 4) is 6.07 Å². The van der Waals surface area contributed by atoms with Gasteiger partial charge in [-0.1, -0.05) is 26.2 Å². The predicted octanol–water partition coefficient (Wildman–Crippen LogP) is 3.76. The molecular formula is C16H21FN2. The Bertz CT molecular complexity index is 464. The van der Waals surface area contributed by atoms with E-state index in [2.05, 4.69) is 18.3 Å². The molecular weight excluding hydrogens is 239 g/mol. The zero-order chi connectivity index (χ0) is 13.7. The Morgan fingerprint density at radius 3 is 2.89 bits per heavy atom. The van der Waals surface area contributed by atoms with Gasteiger partial charge in [-0.25, -0.2) is 4.39 Å². The first-order valence-corrected chi connectivity index (χ1v) is 7.16. The molecule has 1 aliphatic rings. The zero-order valence-corrected chi connectivity index (χ0v) is 11.5. The summed E-state index contributed by atoms with van der Waals surface area (Å²) in [6.45, 7) is 2.74. The smallest absolute Gasteiger partial charge is 0.127 e. The van der Waals surface area contributed by atoms with E-state index in [4.69, 9.17) is 5.26 Å². The molecule has 0 spiro atoms. The number of rotatable bonds is 4. The Morgan fingerprint density at radius 1 is 1.37 bits per heavy atom. The molecule has 1 N–H and O–H groups in total. The van der Waals surface area contributed by atoms with Crippen molar-refractivity contribution in [1.29, 1.82) is 5.26 Å². The first-order chi connectivity index (χ1) is 9.24. The van der Waals surface area contributed by atoms with Crippen molar-refractivity contribution in [3.63, 3.8) is 0 Å². The first kappa shape index (κ1) is 14.0. The Hall–Kier alpha value is -1.40. The van der Waals surface area contributed by atoms with Crippen LogP contribution in [-0.4, -0.2) is 6.04 Å². The summed E-state index contributed by atoms with van der Waals surface area (Å²) in [7, 11) is 0. The zero-order valence-electron chi connectivity index (χ0n) is 11.5. The second-order valence-electron chi connectivity index (χ2n) is 5.36. The standard InChI is InChI=1S/C16H21FN2/c1-2-13-5-3-4-6-16(13)19-11-14-9-12(10-18)7-8-15(14)17/h7-9,13,16,19H,2-6,11H2,1H3. The van der Waals surface area contributed by atoms with E-state index in [1.54, 1.807) is 6.07 Å². The fourth-order valence-corrected chi connectivity index (χ4v) is 2.99. The van der Waals surface area contributed by atoms with Gasteiger partial charge in [-0.3, -0.25) is 0 Å². The van der Waals surface area contributed by atoms with Gasteiger partial charge in [-0.05, 0) is 37.0 Å². The summed E-state index contributed by atoms with van der Waals surface area (Å²) in [4.78, 5) is 0. The second-order valence-corrected chi connectivity index (χ2v) is 5.36. The van der Waals surface area contributed by atoms with Gasteiger partial charge in [0.05, 0.1) is 11.6 Å². The minimum Gasteiger partial charge on any atom is -0.310 e. The number of benzene rings is 1. The van der Waals surface area contributed by atoms with E-state index in [0.29, 0.717) is 29.6 Å². The SMILES string of the molecule is CCC1CCCCC1NCc1cc(C#N)ccc1F. The van der Waals surface area contributed by atoms with Crippen molar-refractivity contribution in [3.05, 3.63) is 35.1 Å². The van der Waals surface area contributed by atoms with Crippen LogP contribution in [0.1, 0.15) is 50.2 Å². The molecule has 0 amide bonds. The molecule has 0 bridgehead atoms. The molecule has 1 aliphatic carbocycles. The number of hydrogen-bond acceptors (Lipinski definition) is 2. The monoisotopic (exact) mass is 260 g/mol. The van der Waals surface area contributed by atoms with Crippen LogP contribution >= 0.6 is 0 Å². The summed E-state index contributed by atoms with van der Waals surface area (Å²) in [5, 5.41) is 12.3. The Kier molecular flexibility index (Phi) is 4.93. The lowest BCUT2D eigenvalue weighted by Crippen LogP contribution is -2.38. The highest BCUT2D eigenvalue weighted by Gasteiger charge is 2.23. The van der Waals surface area contributed by atoms with Crippen LogP contribution in [-0.2, 0) is 6.54 Å². The maximum Gasteiger partial charge on any atom is 0.127 e. The third kappa shape index (κ3) is 3.54. The van der Waals surface area contributed by atoms with Crippen LogP contribution < -0.4 is 5.32 Å². The largest absolute Gasteiger partial charge is 0.310 e. The van der Waals surface area contributed by atoms with Gasteiger partial charge >= 0.3 is 0 Å². The Balaban J connectivity index is 1.99. The second kappa shape index (κ2) is 6.68. The molecule has 0 aliphatic heterocycles. The number of hydrogen-bond donors (Lipinski definition) is 1. The van der Waals surface area contributed by atoms with E-state index in [1.807, 2.05) is 0 Å². The van der Waals surface area contributed by atoms with Crippen LogP contribution in [0.2, 0.25) is 0 Å². The van der Waals surface area contributed by atoms with Crippen LogP contribution in [0.25, 0.3) is 0 Å².